The molecule has 0 aromatic carbocycles. The average Bonchev–Trinajstić information content (AvgIpc) is 2.66. The van der Waals surface area contributed by atoms with Crippen LogP contribution in [0.2, 0.25) is 0 Å². The average molecular weight is 413 g/mol. The van der Waals surface area contributed by atoms with E-state index in [2.05, 4.69) is 27.4 Å². The molecule has 0 aliphatic carbocycles. The molecule has 1 unspecified atom stereocenters. The molecule has 0 amide bonds. The van der Waals surface area contributed by atoms with Crippen LogP contribution in [0.4, 0.5) is 0 Å². The summed E-state index contributed by atoms with van der Waals surface area (Å²) < 4.78 is 0. The molecule has 1 heteroatoms. The van der Waals surface area contributed by atoms with Gasteiger partial charge in [-0.3, -0.25) is 0 Å². The van der Waals surface area contributed by atoms with E-state index in [1.165, 1.54) is 141 Å². The van der Waals surface area contributed by atoms with E-state index in [4.69, 9.17) is 0 Å². The fraction of sp³-hybridized carbons (Fsp3) is 1.00. The zero-order chi connectivity index (χ0) is 20.7. The fourth-order valence-electron chi connectivity index (χ4n) is 4.35. The van der Waals surface area contributed by atoms with E-state index < -0.39 is 0 Å². The molecule has 1 atom stereocenters. The highest BCUT2D eigenvalue weighted by molar-refractivity contribution is 7.56. The monoisotopic (exact) mass is 412 g/mol. The van der Waals surface area contributed by atoms with Crippen molar-refractivity contribution >= 4 is 7.92 Å². The van der Waals surface area contributed by atoms with E-state index in [-0.39, 0.29) is 0 Å². The SMILES string of the molecule is CCCCCCCCCCCCCCCCCCCCCCP(C)CC(C)C. The zero-order valence-electron chi connectivity index (χ0n) is 20.6. The van der Waals surface area contributed by atoms with Gasteiger partial charge >= 0.3 is 0 Å². The van der Waals surface area contributed by atoms with Crippen LogP contribution < -0.4 is 0 Å². The van der Waals surface area contributed by atoms with Gasteiger partial charge in [-0.05, 0) is 31.3 Å². The Hall–Kier alpha value is 0.430. The second-order valence-electron chi connectivity index (χ2n) is 9.87. The standard InChI is InChI=1S/C27H57P/c1-5-6-7-8-9-10-11-12-13-14-15-16-17-18-19-20-21-22-23-24-25-28(4)26-27(2)3/h27H,5-26H2,1-4H3. The minimum absolute atomic E-state index is 0.334. The van der Waals surface area contributed by atoms with E-state index in [1.807, 2.05) is 0 Å². The van der Waals surface area contributed by atoms with Gasteiger partial charge in [0, 0.05) is 0 Å². The molecule has 0 radical (unpaired) electrons. The van der Waals surface area contributed by atoms with Gasteiger partial charge in [0.2, 0.25) is 0 Å². The van der Waals surface area contributed by atoms with E-state index in [9.17, 15) is 0 Å². The summed E-state index contributed by atoms with van der Waals surface area (Å²) in [6.07, 6.45) is 32.6. The molecule has 0 N–H and O–H groups in total. The smallest absolute Gasteiger partial charge is 0.0305 e. The van der Waals surface area contributed by atoms with Crippen molar-refractivity contribution in [3.63, 3.8) is 0 Å². The predicted molar refractivity (Wildman–Crippen MR) is 135 cm³/mol. The Bertz CT molecular complexity index is 273. The molecule has 0 aromatic heterocycles. The molecule has 0 heterocycles. The van der Waals surface area contributed by atoms with Crippen LogP contribution in [0.1, 0.15) is 149 Å². The van der Waals surface area contributed by atoms with Crippen molar-refractivity contribution in [2.45, 2.75) is 149 Å². The summed E-state index contributed by atoms with van der Waals surface area (Å²) in [5.41, 5.74) is 0. The molecule has 0 bridgehead atoms. The third-order valence-corrected chi connectivity index (χ3v) is 8.50. The van der Waals surface area contributed by atoms with E-state index >= 15 is 0 Å². The van der Waals surface area contributed by atoms with Crippen LogP contribution in [0.15, 0.2) is 0 Å². The van der Waals surface area contributed by atoms with Gasteiger partial charge in [-0.25, -0.2) is 0 Å². The summed E-state index contributed by atoms with van der Waals surface area (Å²) in [6, 6.07) is 0. The van der Waals surface area contributed by atoms with Gasteiger partial charge in [-0.1, -0.05) is 143 Å². The highest BCUT2D eigenvalue weighted by atomic mass is 31.1. The molecule has 0 aromatic rings. The summed E-state index contributed by atoms with van der Waals surface area (Å²) in [5, 5.41) is 0. The number of hydrogen-bond acceptors (Lipinski definition) is 0. The van der Waals surface area contributed by atoms with Crippen LogP contribution >= 0.6 is 7.92 Å². The van der Waals surface area contributed by atoms with Crippen LogP contribution in [0, 0.1) is 5.92 Å². The lowest BCUT2D eigenvalue weighted by Crippen LogP contribution is -1.96. The molecule has 0 aliphatic heterocycles. The summed E-state index contributed by atoms with van der Waals surface area (Å²) in [7, 11) is 0.334. The van der Waals surface area contributed by atoms with Crippen molar-refractivity contribution in [2.24, 2.45) is 5.92 Å². The molecular formula is C27H57P. The van der Waals surface area contributed by atoms with Gasteiger partial charge in [0.05, 0.1) is 0 Å². The lowest BCUT2D eigenvalue weighted by Gasteiger charge is -2.14. The Labute approximate surface area is 182 Å². The van der Waals surface area contributed by atoms with E-state index in [1.54, 1.807) is 0 Å². The van der Waals surface area contributed by atoms with Gasteiger partial charge in [0.15, 0.2) is 0 Å². The van der Waals surface area contributed by atoms with Crippen molar-refractivity contribution in [3.05, 3.63) is 0 Å². The topological polar surface area (TPSA) is 0 Å². The number of unbranched alkanes of at least 4 members (excludes halogenated alkanes) is 19. The first-order valence-corrected chi connectivity index (χ1v) is 15.5. The number of hydrogen-bond donors (Lipinski definition) is 0. The Morgan fingerprint density at radius 1 is 0.464 bits per heavy atom. The Morgan fingerprint density at radius 3 is 1.04 bits per heavy atom. The van der Waals surface area contributed by atoms with Crippen molar-refractivity contribution in [2.75, 3.05) is 19.0 Å². The van der Waals surface area contributed by atoms with Gasteiger partial charge in [-0.2, -0.15) is 0 Å². The molecule has 0 fully saturated rings. The summed E-state index contributed by atoms with van der Waals surface area (Å²) >= 11 is 0. The first-order valence-electron chi connectivity index (χ1n) is 13.3. The van der Waals surface area contributed by atoms with Crippen molar-refractivity contribution in [3.8, 4) is 0 Å². The molecule has 28 heavy (non-hydrogen) atoms. The highest BCUT2D eigenvalue weighted by Gasteiger charge is 2.03. The van der Waals surface area contributed by atoms with Crippen molar-refractivity contribution < 1.29 is 0 Å². The van der Waals surface area contributed by atoms with Gasteiger partial charge in [0.25, 0.3) is 0 Å². The molecule has 170 valence electrons. The van der Waals surface area contributed by atoms with Crippen LogP contribution in [0.5, 0.6) is 0 Å². The Morgan fingerprint density at radius 2 is 0.750 bits per heavy atom. The van der Waals surface area contributed by atoms with Gasteiger partial charge in [0.1, 0.15) is 0 Å². The van der Waals surface area contributed by atoms with Crippen LogP contribution in [-0.4, -0.2) is 19.0 Å². The Kier molecular flexibility index (Phi) is 24.1. The van der Waals surface area contributed by atoms with Gasteiger partial charge < -0.3 is 0 Å². The molecule has 0 rings (SSSR count). The lowest BCUT2D eigenvalue weighted by molar-refractivity contribution is 0.523. The highest BCUT2D eigenvalue weighted by Crippen LogP contribution is 2.34. The normalized spacial score (nSPS) is 12.8. The molecule has 0 spiro atoms. The molecule has 0 saturated heterocycles. The van der Waals surface area contributed by atoms with Crippen molar-refractivity contribution in [1.82, 2.24) is 0 Å². The van der Waals surface area contributed by atoms with Crippen LogP contribution in [0.3, 0.4) is 0 Å². The lowest BCUT2D eigenvalue weighted by atomic mass is 10.0. The maximum Gasteiger partial charge on any atom is -0.0305 e. The molecule has 0 nitrogen and oxygen atoms in total. The minimum Gasteiger partial charge on any atom is -0.110 e. The third-order valence-electron chi connectivity index (χ3n) is 6.07. The molecule has 0 aliphatic rings. The summed E-state index contributed by atoms with van der Waals surface area (Å²) in [5.74, 6) is 0.904. The second-order valence-corrected chi connectivity index (χ2v) is 12.4. The predicted octanol–water partition coefficient (Wildman–Crippen LogP) is 10.6. The maximum absolute atomic E-state index is 2.50. The molecular weight excluding hydrogens is 355 g/mol. The Balaban J connectivity index is 3.05. The van der Waals surface area contributed by atoms with Crippen LogP contribution in [0.25, 0.3) is 0 Å². The fourth-order valence-corrected chi connectivity index (χ4v) is 6.54. The number of rotatable bonds is 23. The largest absolute Gasteiger partial charge is 0.110 e. The quantitative estimate of drug-likeness (QED) is 0.116. The van der Waals surface area contributed by atoms with E-state index in [0.29, 0.717) is 7.92 Å². The van der Waals surface area contributed by atoms with Crippen molar-refractivity contribution in [1.29, 1.82) is 0 Å². The second kappa shape index (κ2) is 23.7. The van der Waals surface area contributed by atoms with Gasteiger partial charge in [-0.15, -0.1) is 7.92 Å². The first-order chi connectivity index (χ1) is 13.7. The summed E-state index contributed by atoms with van der Waals surface area (Å²) in [4.78, 5) is 0. The third kappa shape index (κ3) is 24.5. The first kappa shape index (κ1) is 28.4. The zero-order valence-corrected chi connectivity index (χ0v) is 21.5. The maximum atomic E-state index is 2.50. The van der Waals surface area contributed by atoms with E-state index in [0.717, 1.165) is 5.92 Å². The summed E-state index contributed by atoms with van der Waals surface area (Å²) in [6.45, 7) is 9.55. The molecule has 0 saturated carbocycles. The minimum atomic E-state index is 0.334. The van der Waals surface area contributed by atoms with Crippen LogP contribution in [-0.2, 0) is 0 Å².